The first-order valence-electron chi connectivity index (χ1n) is 9.08. The van der Waals surface area contributed by atoms with Gasteiger partial charge in [0.05, 0.1) is 6.61 Å². The second-order valence-electron chi connectivity index (χ2n) is 6.27. The quantitative estimate of drug-likeness (QED) is 0.507. The number of ether oxygens (including phenoxy) is 1. The van der Waals surface area contributed by atoms with E-state index in [0.29, 0.717) is 16.4 Å². The number of aromatic hydroxyl groups is 1. The van der Waals surface area contributed by atoms with Gasteiger partial charge in [-0.2, -0.15) is 5.10 Å². The zero-order chi connectivity index (χ0) is 20.4. The number of amides is 1. The van der Waals surface area contributed by atoms with Crippen LogP contribution in [0.15, 0.2) is 54.9 Å². The zero-order valence-corrected chi connectivity index (χ0v) is 15.6. The van der Waals surface area contributed by atoms with Crippen molar-refractivity contribution < 1.29 is 19.4 Å². The molecule has 0 unspecified atom stereocenters. The molecule has 8 nitrogen and oxygen atoms in total. The maximum absolute atomic E-state index is 12.7. The molecule has 2 aromatic heterocycles. The van der Waals surface area contributed by atoms with Crippen LogP contribution in [0.5, 0.6) is 5.75 Å². The van der Waals surface area contributed by atoms with Crippen LogP contribution in [0.4, 0.5) is 0 Å². The van der Waals surface area contributed by atoms with Crippen molar-refractivity contribution in [2.45, 2.75) is 6.92 Å². The van der Waals surface area contributed by atoms with Gasteiger partial charge in [-0.05, 0) is 18.1 Å². The molecule has 2 N–H and O–H groups in total. The number of nitrogens with zero attached hydrogens (tertiary/aromatic N) is 3. The SMILES string of the molecule is CCOC(=O)CNC(=O)c1c(O)c2cccc(-c3ccccc3)c2c2ncnn12. The van der Waals surface area contributed by atoms with E-state index in [1.165, 1.54) is 10.8 Å². The second kappa shape index (κ2) is 7.59. The summed E-state index contributed by atoms with van der Waals surface area (Å²) in [6.45, 7) is 1.58. The van der Waals surface area contributed by atoms with Crippen LogP contribution in [0.3, 0.4) is 0 Å². The molecule has 2 heterocycles. The fraction of sp³-hybridized carbons (Fsp3) is 0.143. The second-order valence-corrected chi connectivity index (χ2v) is 6.27. The first-order chi connectivity index (χ1) is 14.1. The number of esters is 1. The highest BCUT2D eigenvalue weighted by Crippen LogP contribution is 2.37. The van der Waals surface area contributed by atoms with Crippen molar-refractivity contribution >= 4 is 28.3 Å². The summed E-state index contributed by atoms with van der Waals surface area (Å²) < 4.78 is 6.10. The molecule has 8 heteroatoms. The Morgan fingerprint density at radius 1 is 1.14 bits per heavy atom. The Bertz CT molecular complexity index is 1220. The predicted octanol–water partition coefficient (Wildman–Crippen LogP) is 2.55. The van der Waals surface area contributed by atoms with E-state index in [0.717, 1.165) is 11.1 Å². The third-order valence-electron chi connectivity index (χ3n) is 4.53. The summed E-state index contributed by atoms with van der Waals surface area (Å²) in [7, 11) is 0. The Hall–Kier alpha value is -3.94. The average Bonchev–Trinajstić information content (AvgIpc) is 3.22. The lowest BCUT2D eigenvalue weighted by Gasteiger charge is -2.13. The van der Waals surface area contributed by atoms with Gasteiger partial charge in [-0.15, -0.1) is 0 Å². The van der Waals surface area contributed by atoms with Crippen LogP contribution in [0, 0.1) is 0 Å². The minimum Gasteiger partial charge on any atom is -0.505 e. The molecule has 0 spiro atoms. The van der Waals surface area contributed by atoms with E-state index < -0.39 is 11.9 Å². The van der Waals surface area contributed by atoms with Gasteiger partial charge < -0.3 is 15.2 Å². The highest BCUT2D eigenvalue weighted by atomic mass is 16.5. The summed E-state index contributed by atoms with van der Waals surface area (Å²) in [5, 5.41) is 18.6. The first-order valence-corrected chi connectivity index (χ1v) is 9.08. The van der Waals surface area contributed by atoms with E-state index in [2.05, 4.69) is 15.4 Å². The fourth-order valence-corrected chi connectivity index (χ4v) is 3.30. The van der Waals surface area contributed by atoms with Gasteiger partial charge in [0, 0.05) is 10.8 Å². The van der Waals surface area contributed by atoms with Crippen LogP contribution in [0.1, 0.15) is 17.4 Å². The van der Waals surface area contributed by atoms with Gasteiger partial charge in [-0.1, -0.05) is 48.5 Å². The molecule has 1 amide bonds. The van der Waals surface area contributed by atoms with Crippen LogP contribution in [0.2, 0.25) is 0 Å². The molecule has 4 aromatic rings. The summed E-state index contributed by atoms with van der Waals surface area (Å²) in [4.78, 5) is 28.6. The van der Waals surface area contributed by atoms with Crippen molar-refractivity contribution in [3.63, 3.8) is 0 Å². The van der Waals surface area contributed by atoms with Gasteiger partial charge in [-0.25, -0.2) is 9.50 Å². The van der Waals surface area contributed by atoms with Gasteiger partial charge in [0.2, 0.25) is 0 Å². The molecule has 0 aliphatic carbocycles. The lowest BCUT2D eigenvalue weighted by atomic mass is 9.98. The van der Waals surface area contributed by atoms with Crippen molar-refractivity contribution in [3.05, 3.63) is 60.6 Å². The van der Waals surface area contributed by atoms with Crippen LogP contribution in [-0.4, -0.2) is 44.7 Å². The van der Waals surface area contributed by atoms with Crippen molar-refractivity contribution in [2.24, 2.45) is 0 Å². The number of carbonyl (C=O) groups excluding carboxylic acids is 2. The Kier molecular flexibility index (Phi) is 4.82. The molecule has 4 rings (SSSR count). The number of pyridine rings is 1. The molecule has 0 saturated heterocycles. The van der Waals surface area contributed by atoms with Gasteiger partial charge >= 0.3 is 5.97 Å². The molecule has 2 aromatic carbocycles. The number of fused-ring (bicyclic) bond motifs is 3. The van der Waals surface area contributed by atoms with Crippen molar-refractivity contribution in [1.29, 1.82) is 0 Å². The molecule has 0 aliphatic rings. The standard InChI is InChI=1S/C21H18N4O4/c1-2-29-16(26)11-22-21(28)18-19(27)15-10-6-9-14(13-7-4-3-5-8-13)17(15)20-23-12-24-25(18)20/h3-10,12,27H,2,11H2,1H3,(H,22,28). The topological polar surface area (TPSA) is 106 Å². The highest BCUT2D eigenvalue weighted by Gasteiger charge is 2.23. The van der Waals surface area contributed by atoms with Gasteiger partial charge in [-0.3, -0.25) is 9.59 Å². The number of nitrogens with one attached hydrogen (secondary N) is 1. The number of benzene rings is 2. The third kappa shape index (κ3) is 3.25. The minimum atomic E-state index is -0.655. The van der Waals surface area contributed by atoms with Gasteiger partial charge in [0.1, 0.15) is 12.9 Å². The smallest absolute Gasteiger partial charge is 0.325 e. The maximum atomic E-state index is 12.7. The summed E-state index contributed by atoms with van der Waals surface area (Å²) >= 11 is 0. The zero-order valence-electron chi connectivity index (χ0n) is 15.6. The van der Waals surface area contributed by atoms with E-state index in [4.69, 9.17) is 4.74 Å². The van der Waals surface area contributed by atoms with Crippen LogP contribution in [0.25, 0.3) is 27.5 Å². The fourth-order valence-electron chi connectivity index (χ4n) is 3.30. The number of carbonyl (C=O) groups is 2. The average molecular weight is 390 g/mol. The van der Waals surface area contributed by atoms with E-state index in [9.17, 15) is 14.7 Å². The van der Waals surface area contributed by atoms with E-state index >= 15 is 0 Å². The number of rotatable bonds is 5. The Morgan fingerprint density at radius 3 is 2.69 bits per heavy atom. The van der Waals surface area contributed by atoms with E-state index in [1.807, 2.05) is 36.4 Å². The Morgan fingerprint density at radius 2 is 1.93 bits per heavy atom. The predicted molar refractivity (Wildman–Crippen MR) is 107 cm³/mol. The van der Waals surface area contributed by atoms with Crippen molar-refractivity contribution in [1.82, 2.24) is 19.9 Å². The first kappa shape index (κ1) is 18.4. The number of aromatic nitrogens is 3. The molecule has 0 saturated carbocycles. The molecule has 29 heavy (non-hydrogen) atoms. The largest absolute Gasteiger partial charge is 0.505 e. The summed E-state index contributed by atoms with van der Waals surface area (Å²) in [5.74, 6) is -1.46. The molecular weight excluding hydrogens is 372 g/mol. The minimum absolute atomic E-state index is 0.0977. The molecule has 0 atom stereocenters. The molecule has 0 radical (unpaired) electrons. The molecule has 0 bridgehead atoms. The van der Waals surface area contributed by atoms with Crippen LogP contribution in [-0.2, 0) is 9.53 Å². The summed E-state index contributed by atoms with van der Waals surface area (Å²) in [6, 6.07) is 15.1. The Balaban J connectivity index is 1.88. The normalized spacial score (nSPS) is 10.9. The van der Waals surface area contributed by atoms with Crippen molar-refractivity contribution in [2.75, 3.05) is 13.2 Å². The van der Waals surface area contributed by atoms with E-state index in [1.54, 1.807) is 19.1 Å². The lowest BCUT2D eigenvalue weighted by molar-refractivity contribution is -0.141. The molecule has 0 fully saturated rings. The van der Waals surface area contributed by atoms with Gasteiger partial charge in [0.25, 0.3) is 5.91 Å². The molecule has 0 aliphatic heterocycles. The molecular formula is C21H18N4O4. The van der Waals surface area contributed by atoms with Crippen LogP contribution < -0.4 is 5.32 Å². The maximum Gasteiger partial charge on any atom is 0.325 e. The number of hydrogen-bond donors (Lipinski definition) is 2. The van der Waals surface area contributed by atoms with E-state index in [-0.39, 0.29) is 24.6 Å². The monoisotopic (exact) mass is 390 g/mol. The Labute approximate surface area is 165 Å². The number of hydrogen-bond acceptors (Lipinski definition) is 6. The molecule has 146 valence electrons. The van der Waals surface area contributed by atoms with Gasteiger partial charge in [0.15, 0.2) is 17.1 Å². The summed E-state index contributed by atoms with van der Waals surface area (Å²) in [5.41, 5.74) is 2.13. The highest BCUT2D eigenvalue weighted by molar-refractivity contribution is 6.12. The third-order valence-corrected chi connectivity index (χ3v) is 4.53. The summed E-state index contributed by atoms with van der Waals surface area (Å²) in [6.07, 6.45) is 1.32. The van der Waals surface area contributed by atoms with Crippen LogP contribution >= 0.6 is 0 Å². The lowest BCUT2D eigenvalue weighted by Crippen LogP contribution is -2.32. The van der Waals surface area contributed by atoms with Crippen molar-refractivity contribution in [3.8, 4) is 16.9 Å².